The van der Waals surface area contributed by atoms with E-state index in [1.807, 2.05) is 25.1 Å². The van der Waals surface area contributed by atoms with Crippen molar-refractivity contribution in [2.75, 3.05) is 0 Å². The predicted molar refractivity (Wildman–Crippen MR) is 170 cm³/mol. The lowest BCUT2D eigenvalue weighted by atomic mass is 9.43. The maximum atomic E-state index is 14.4. The molecule has 0 bridgehead atoms. The average molecular weight is 599 g/mol. The van der Waals surface area contributed by atoms with Crippen LogP contribution in [-0.4, -0.2) is 35.1 Å². The fourth-order valence-electron chi connectivity index (χ4n) is 11.8. The third-order valence-corrected chi connectivity index (χ3v) is 16.8. The summed E-state index contributed by atoms with van der Waals surface area (Å²) in [6.07, 6.45) is 14.0. The van der Waals surface area contributed by atoms with Gasteiger partial charge in [0.1, 0.15) is 0 Å². The minimum atomic E-state index is -3.60. The molecule has 0 aliphatic heterocycles. The van der Waals surface area contributed by atoms with Crippen LogP contribution >= 0.6 is 0 Å². The molecule has 0 radical (unpaired) electrons. The summed E-state index contributed by atoms with van der Waals surface area (Å²) in [5.74, 6) is 3.69. The van der Waals surface area contributed by atoms with Gasteiger partial charge in [-0.2, -0.15) is 0 Å². The van der Waals surface area contributed by atoms with E-state index in [0.717, 1.165) is 50.4 Å². The van der Waals surface area contributed by atoms with E-state index >= 15 is 0 Å². The Bertz CT molecular complexity index is 1220. The monoisotopic (exact) mass is 598 g/mol. The van der Waals surface area contributed by atoms with Crippen molar-refractivity contribution in [1.29, 1.82) is 0 Å². The molecule has 5 saturated carbocycles. The van der Waals surface area contributed by atoms with Crippen molar-refractivity contribution in [2.24, 2.45) is 52.3 Å². The van der Waals surface area contributed by atoms with E-state index in [9.17, 15) is 18.6 Å². The standard InChI is InChI=1S/C37H58O4S/c1-25-15-19-37(39,20-16-25)24-33(42(40,41)28-9-7-6-8-10-28)26(2)30-13-14-31-29-12-11-27-23-34(3,38)21-22-35(27,4)32(29)17-18-36(30,31)5/h6-10,25-27,29-33,38-39H,11-24H2,1-5H3/t25?,26-,27-,29-,30+,31-,32-,33?,34-,35-,36+,37?/m0/s1. The molecule has 4 nitrogen and oxygen atoms in total. The second kappa shape index (κ2) is 10.9. The summed E-state index contributed by atoms with van der Waals surface area (Å²) in [5.41, 5.74) is -0.915. The fourth-order valence-corrected chi connectivity index (χ4v) is 14.0. The van der Waals surface area contributed by atoms with Gasteiger partial charge in [-0.3, -0.25) is 0 Å². The molecule has 1 aromatic rings. The molecule has 5 fully saturated rings. The van der Waals surface area contributed by atoms with Crippen LogP contribution in [0.5, 0.6) is 0 Å². The number of aliphatic hydroxyl groups is 2. The summed E-state index contributed by atoms with van der Waals surface area (Å²) in [6, 6.07) is 9.07. The number of hydrogen-bond donors (Lipinski definition) is 2. The summed E-state index contributed by atoms with van der Waals surface area (Å²) in [7, 11) is -3.60. The van der Waals surface area contributed by atoms with Crippen molar-refractivity contribution in [3.8, 4) is 0 Å². The molecule has 0 spiro atoms. The Kier molecular flexibility index (Phi) is 8.04. The first-order valence-electron chi connectivity index (χ1n) is 17.4. The molecule has 10 atom stereocenters. The minimum Gasteiger partial charge on any atom is -0.390 e. The van der Waals surface area contributed by atoms with Gasteiger partial charge < -0.3 is 10.2 Å². The summed E-state index contributed by atoms with van der Waals surface area (Å²) >= 11 is 0. The Labute approximate surface area is 256 Å². The van der Waals surface area contributed by atoms with Crippen molar-refractivity contribution in [3.05, 3.63) is 30.3 Å². The van der Waals surface area contributed by atoms with Crippen LogP contribution in [0, 0.1) is 52.3 Å². The van der Waals surface area contributed by atoms with E-state index in [-0.39, 0.29) is 11.3 Å². The second-order valence-electron chi connectivity index (χ2n) is 17.0. The molecule has 5 aliphatic carbocycles. The zero-order valence-electron chi connectivity index (χ0n) is 27.0. The molecule has 5 heteroatoms. The molecule has 5 aliphatic rings. The molecule has 1 unspecified atom stereocenters. The van der Waals surface area contributed by atoms with E-state index in [0.29, 0.717) is 53.2 Å². The van der Waals surface area contributed by atoms with Crippen molar-refractivity contribution in [1.82, 2.24) is 0 Å². The van der Waals surface area contributed by atoms with Gasteiger partial charge in [-0.1, -0.05) is 45.9 Å². The molecule has 6 rings (SSSR count). The lowest BCUT2D eigenvalue weighted by Gasteiger charge is -2.62. The molecular formula is C37H58O4S. The van der Waals surface area contributed by atoms with Gasteiger partial charge in [-0.25, -0.2) is 8.42 Å². The van der Waals surface area contributed by atoms with Crippen molar-refractivity contribution >= 4 is 9.84 Å². The van der Waals surface area contributed by atoms with E-state index in [1.54, 1.807) is 12.1 Å². The molecule has 2 N–H and O–H groups in total. The topological polar surface area (TPSA) is 74.6 Å². The summed E-state index contributed by atoms with van der Waals surface area (Å²) in [4.78, 5) is 0.414. The molecule has 0 saturated heterocycles. The minimum absolute atomic E-state index is 0.00170. The van der Waals surface area contributed by atoms with Crippen molar-refractivity contribution in [3.63, 3.8) is 0 Å². The number of fused-ring (bicyclic) bond motifs is 5. The second-order valence-corrected chi connectivity index (χ2v) is 19.1. The van der Waals surface area contributed by atoms with Crippen LogP contribution in [0.25, 0.3) is 0 Å². The zero-order chi connectivity index (χ0) is 30.1. The third-order valence-electron chi connectivity index (χ3n) is 14.5. The van der Waals surface area contributed by atoms with Gasteiger partial charge in [-0.15, -0.1) is 0 Å². The smallest absolute Gasteiger partial charge is 0.181 e. The number of sulfone groups is 1. The Morgan fingerprint density at radius 3 is 2.17 bits per heavy atom. The van der Waals surface area contributed by atoms with E-state index in [2.05, 4.69) is 27.7 Å². The first-order valence-corrected chi connectivity index (χ1v) is 19.0. The lowest BCUT2D eigenvalue weighted by Crippen LogP contribution is -2.56. The van der Waals surface area contributed by atoms with Gasteiger partial charge in [0.05, 0.1) is 21.3 Å². The quantitative estimate of drug-likeness (QED) is 0.346. The zero-order valence-corrected chi connectivity index (χ0v) is 27.8. The van der Waals surface area contributed by atoms with Gasteiger partial charge in [-0.05, 0) is 161 Å². The Hall–Kier alpha value is -0.910. The maximum Gasteiger partial charge on any atom is 0.181 e. The highest BCUT2D eigenvalue weighted by molar-refractivity contribution is 7.92. The van der Waals surface area contributed by atoms with Crippen LogP contribution in [0.15, 0.2) is 35.2 Å². The van der Waals surface area contributed by atoms with Crippen LogP contribution < -0.4 is 0 Å². The number of benzene rings is 1. The summed E-state index contributed by atoms with van der Waals surface area (Å²) in [5, 5.41) is 22.1. The highest BCUT2D eigenvalue weighted by Gasteiger charge is 2.62. The van der Waals surface area contributed by atoms with Gasteiger partial charge in [0.2, 0.25) is 0 Å². The molecule has 1 aromatic carbocycles. The molecule has 236 valence electrons. The van der Waals surface area contributed by atoms with E-state index < -0.39 is 26.3 Å². The van der Waals surface area contributed by atoms with Gasteiger partial charge in [0.15, 0.2) is 9.84 Å². The van der Waals surface area contributed by atoms with Crippen molar-refractivity contribution < 1.29 is 18.6 Å². The molecule has 0 amide bonds. The fraction of sp³-hybridized carbons (Fsp3) is 0.838. The summed E-state index contributed by atoms with van der Waals surface area (Å²) in [6.45, 7) is 11.6. The molecule has 0 aromatic heterocycles. The van der Waals surface area contributed by atoms with Gasteiger partial charge >= 0.3 is 0 Å². The highest BCUT2D eigenvalue weighted by atomic mass is 32.2. The number of rotatable bonds is 6. The largest absolute Gasteiger partial charge is 0.390 e. The molecule has 0 heterocycles. The number of hydrogen-bond acceptors (Lipinski definition) is 4. The van der Waals surface area contributed by atoms with Crippen molar-refractivity contribution in [2.45, 2.75) is 146 Å². The van der Waals surface area contributed by atoms with E-state index in [4.69, 9.17) is 0 Å². The summed E-state index contributed by atoms with van der Waals surface area (Å²) < 4.78 is 28.8. The molecule has 42 heavy (non-hydrogen) atoms. The first-order chi connectivity index (χ1) is 19.7. The van der Waals surface area contributed by atoms with E-state index in [1.165, 1.54) is 32.1 Å². The Morgan fingerprint density at radius 1 is 0.810 bits per heavy atom. The SMILES string of the molecule is CC1CCC(O)(CC([C@@H](C)[C@H]2CC[C@H]3[C@@H]4CC[C@H]5C[C@@](C)(O)CC[C@]5(C)[C@H]4CC[C@]23C)S(=O)(=O)c2ccccc2)CC1. The average Bonchev–Trinajstić information content (AvgIpc) is 3.31. The predicted octanol–water partition coefficient (Wildman–Crippen LogP) is 8.21. The normalized spacial score (nSPS) is 47.1. The van der Waals surface area contributed by atoms with Crippen LogP contribution in [0.1, 0.15) is 125 Å². The highest BCUT2D eigenvalue weighted by Crippen LogP contribution is 2.69. The van der Waals surface area contributed by atoms with Crippen LogP contribution in [0.4, 0.5) is 0 Å². The van der Waals surface area contributed by atoms with Gasteiger partial charge in [0, 0.05) is 0 Å². The lowest BCUT2D eigenvalue weighted by molar-refractivity contribution is -0.148. The first kappa shape index (κ1) is 31.1. The van der Waals surface area contributed by atoms with Crippen LogP contribution in [0.3, 0.4) is 0 Å². The third kappa shape index (κ3) is 5.23. The Morgan fingerprint density at radius 2 is 1.48 bits per heavy atom. The Balaban J connectivity index is 1.28. The maximum absolute atomic E-state index is 14.4. The van der Waals surface area contributed by atoms with Crippen LogP contribution in [-0.2, 0) is 9.84 Å². The molecular weight excluding hydrogens is 540 g/mol. The van der Waals surface area contributed by atoms with Crippen LogP contribution in [0.2, 0.25) is 0 Å². The van der Waals surface area contributed by atoms with Gasteiger partial charge in [0.25, 0.3) is 0 Å².